The minimum Gasteiger partial charge on any atom is -0.486 e. The lowest BCUT2D eigenvalue weighted by Gasteiger charge is -2.25. The van der Waals surface area contributed by atoms with Crippen molar-refractivity contribution >= 4 is 43.8 Å². The number of hydrogen-bond acceptors (Lipinski definition) is 6. The number of benzene rings is 3. The predicted molar refractivity (Wildman–Crippen MR) is 157 cm³/mol. The molecule has 0 spiro atoms. The van der Waals surface area contributed by atoms with Gasteiger partial charge in [-0.2, -0.15) is 5.10 Å². The Labute approximate surface area is 245 Å². The molecule has 5 rings (SSSR count). The molecule has 12 heteroatoms. The Bertz CT molecular complexity index is 1740. The summed E-state index contributed by atoms with van der Waals surface area (Å²) in [6, 6.07) is 18.8. The van der Waals surface area contributed by atoms with Gasteiger partial charge in [-0.1, -0.05) is 22.0 Å². The maximum absolute atomic E-state index is 13.7. The van der Waals surface area contributed by atoms with Gasteiger partial charge in [0.1, 0.15) is 25.6 Å². The van der Waals surface area contributed by atoms with Crippen molar-refractivity contribution in [2.24, 2.45) is 5.10 Å². The second-order valence-corrected chi connectivity index (χ2v) is 12.0. The van der Waals surface area contributed by atoms with Gasteiger partial charge >= 0.3 is 0 Å². The van der Waals surface area contributed by atoms with Gasteiger partial charge in [-0.3, -0.25) is 9.10 Å². The van der Waals surface area contributed by atoms with Crippen molar-refractivity contribution < 1.29 is 27.1 Å². The van der Waals surface area contributed by atoms with Crippen LogP contribution in [0.5, 0.6) is 11.5 Å². The van der Waals surface area contributed by atoms with Crippen LogP contribution in [0.3, 0.4) is 0 Å². The molecule has 2 heterocycles. The number of anilines is 1. The maximum atomic E-state index is 13.7. The monoisotopic (exact) mass is 640 g/mol. The lowest BCUT2D eigenvalue weighted by atomic mass is 10.2. The van der Waals surface area contributed by atoms with E-state index in [1.54, 1.807) is 0 Å². The quantitative estimate of drug-likeness (QED) is 0.213. The topological polar surface area (TPSA) is 102 Å². The molecule has 1 aromatic heterocycles. The Hall–Kier alpha value is -4.16. The van der Waals surface area contributed by atoms with Gasteiger partial charge in [-0.05, 0) is 74.5 Å². The molecular weight excluding hydrogens is 615 g/mol. The van der Waals surface area contributed by atoms with Crippen LogP contribution in [0.1, 0.15) is 17.0 Å². The van der Waals surface area contributed by atoms with Crippen LogP contribution < -0.4 is 19.2 Å². The second-order valence-electron chi connectivity index (χ2n) is 9.23. The van der Waals surface area contributed by atoms with Crippen molar-refractivity contribution in [3.8, 4) is 17.2 Å². The van der Waals surface area contributed by atoms with E-state index in [-0.39, 0.29) is 22.9 Å². The van der Waals surface area contributed by atoms with Crippen LogP contribution >= 0.6 is 15.9 Å². The van der Waals surface area contributed by atoms with Gasteiger partial charge in [-0.15, -0.1) is 0 Å². The molecule has 0 bridgehead atoms. The van der Waals surface area contributed by atoms with Crippen molar-refractivity contribution in [1.82, 2.24) is 9.99 Å². The summed E-state index contributed by atoms with van der Waals surface area (Å²) in [5, 5.41) is 4.08. The van der Waals surface area contributed by atoms with Crippen molar-refractivity contribution in [3.05, 3.63) is 100 Å². The lowest BCUT2D eigenvalue weighted by molar-refractivity contribution is -0.119. The third-order valence-corrected chi connectivity index (χ3v) is 8.70. The molecule has 0 aliphatic carbocycles. The number of aryl methyl sites for hydroxylation is 1. The highest BCUT2D eigenvalue weighted by molar-refractivity contribution is 9.10. The average molecular weight is 642 g/mol. The van der Waals surface area contributed by atoms with E-state index >= 15 is 0 Å². The van der Waals surface area contributed by atoms with Crippen molar-refractivity contribution in [1.29, 1.82) is 0 Å². The zero-order valence-electron chi connectivity index (χ0n) is 22.2. The Balaban J connectivity index is 1.37. The Morgan fingerprint density at radius 1 is 1.05 bits per heavy atom. The number of nitrogens with one attached hydrogen (secondary N) is 1. The summed E-state index contributed by atoms with van der Waals surface area (Å²) in [5.74, 6) is -0.520. The number of sulfonamides is 1. The van der Waals surface area contributed by atoms with Crippen LogP contribution in [0.15, 0.2) is 87.3 Å². The highest BCUT2D eigenvalue weighted by atomic mass is 79.9. The number of amides is 1. The van der Waals surface area contributed by atoms with E-state index in [1.807, 2.05) is 44.2 Å². The number of hydrazone groups is 1. The molecule has 0 unspecified atom stereocenters. The van der Waals surface area contributed by atoms with E-state index in [0.29, 0.717) is 12.4 Å². The third-order valence-electron chi connectivity index (χ3n) is 6.43. The van der Waals surface area contributed by atoms with Crippen molar-refractivity contribution in [2.45, 2.75) is 18.7 Å². The van der Waals surface area contributed by atoms with Gasteiger partial charge in [0.2, 0.25) is 0 Å². The molecular formula is C29H26BrFN4O5S. The van der Waals surface area contributed by atoms with E-state index in [4.69, 9.17) is 9.47 Å². The van der Waals surface area contributed by atoms with E-state index in [2.05, 4.69) is 31.0 Å². The number of hydrogen-bond donors (Lipinski definition) is 1. The Morgan fingerprint density at radius 3 is 2.51 bits per heavy atom. The fraction of sp³-hybridized carbons (Fsp3) is 0.172. The zero-order chi connectivity index (χ0) is 29.1. The van der Waals surface area contributed by atoms with Crippen molar-refractivity contribution in [2.75, 3.05) is 24.1 Å². The molecule has 0 saturated heterocycles. The molecule has 0 atom stereocenters. The average Bonchev–Trinajstić information content (AvgIpc) is 3.24. The molecule has 1 aliphatic heterocycles. The number of fused-ring (bicyclic) bond motifs is 1. The number of aromatic nitrogens is 1. The number of carbonyl (C=O) groups excluding carboxylic acids is 1. The predicted octanol–water partition coefficient (Wildman–Crippen LogP) is 5.11. The minimum atomic E-state index is -4.26. The zero-order valence-corrected chi connectivity index (χ0v) is 24.6. The van der Waals surface area contributed by atoms with Gasteiger partial charge in [0.05, 0.1) is 16.8 Å². The highest BCUT2D eigenvalue weighted by Gasteiger charge is 2.29. The number of halogens is 2. The molecule has 41 heavy (non-hydrogen) atoms. The van der Waals surface area contributed by atoms with Crippen LogP contribution in [-0.2, 0) is 14.8 Å². The normalized spacial score (nSPS) is 12.9. The van der Waals surface area contributed by atoms with Crippen LogP contribution in [0.25, 0.3) is 5.69 Å². The standard InChI is InChI=1S/C29H26BrFN4O5S/c1-19-14-21(20(2)35(19)25-5-3-4-22(30)15-25)17-32-33-29(36)18-34(24-8-6-23(31)7-9-24)41(37,38)26-10-11-27-28(16-26)40-13-12-39-27/h3-11,14-17H,12-13,18H2,1-2H3,(H,33,36)/b32-17-. The van der Waals surface area contributed by atoms with E-state index in [0.717, 1.165) is 43.5 Å². The van der Waals surface area contributed by atoms with Gasteiger partial charge in [0, 0.05) is 33.2 Å². The molecule has 1 N–H and O–H groups in total. The summed E-state index contributed by atoms with van der Waals surface area (Å²) in [6.45, 7) is 3.94. The number of nitrogens with zero attached hydrogens (tertiary/aromatic N) is 3. The fourth-order valence-electron chi connectivity index (χ4n) is 4.50. The fourth-order valence-corrected chi connectivity index (χ4v) is 6.33. The Morgan fingerprint density at radius 2 is 1.78 bits per heavy atom. The summed E-state index contributed by atoms with van der Waals surface area (Å²) in [4.78, 5) is 12.8. The molecule has 1 aliphatic rings. The SMILES string of the molecule is Cc1cc(/C=N\NC(=O)CN(c2ccc(F)cc2)S(=O)(=O)c2ccc3c(c2)OCCO3)c(C)n1-c1cccc(Br)c1. The maximum Gasteiger partial charge on any atom is 0.264 e. The molecule has 9 nitrogen and oxygen atoms in total. The van der Waals surface area contributed by atoms with Crippen molar-refractivity contribution in [3.63, 3.8) is 0 Å². The van der Waals surface area contributed by atoms with Crippen LogP contribution in [0, 0.1) is 19.7 Å². The summed E-state index contributed by atoms with van der Waals surface area (Å²) in [5.41, 5.74) is 6.15. The molecule has 0 radical (unpaired) electrons. The first-order valence-corrected chi connectivity index (χ1v) is 14.8. The van der Waals surface area contributed by atoms with Gasteiger partial charge in [-0.25, -0.2) is 18.2 Å². The summed E-state index contributed by atoms with van der Waals surface area (Å²) in [7, 11) is -4.26. The summed E-state index contributed by atoms with van der Waals surface area (Å²) >= 11 is 3.49. The molecule has 212 valence electrons. The third kappa shape index (κ3) is 6.13. The first kappa shape index (κ1) is 28.4. The minimum absolute atomic E-state index is 0.109. The van der Waals surface area contributed by atoms with Gasteiger partial charge in [0.25, 0.3) is 15.9 Å². The van der Waals surface area contributed by atoms with Crippen LogP contribution in [0.4, 0.5) is 10.1 Å². The molecule has 1 amide bonds. The highest BCUT2D eigenvalue weighted by Crippen LogP contribution is 2.34. The first-order chi connectivity index (χ1) is 19.6. The molecule has 3 aromatic carbocycles. The Kier molecular flexibility index (Phi) is 8.13. The molecule has 0 fully saturated rings. The number of carbonyl (C=O) groups is 1. The first-order valence-electron chi connectivity index (χ1n) is 12.6. The smallest absolute Gasteiger partial charge is 0.264 e. The number of ether oxygens (including phenoxy) is 2. The number of rotatable bonds is 8. The van der Waals surface area contributed by atoms with Crippen LogP contribution in [-0.4, -0.2) is 44.9 Å². The largest absolute Gasteiger partial charge is 0.486 e. The second kappa shape index (κ2) is 11.8. The molecule has 4 aromatic rings. The summed E-state index contributed by atoms with van der Waals surface area (Å²) in [6.07, 6.45) is 1.51. The molecule has 0 saturated carbocycles. The van der Waals surface area contributed by atoms with E-state index in [1.165, 1.54) is 36.5 Å². The van der Waals surface area contributed by atoms with Gasteiger partial charge < -0.3 is 14.0 Å². The summed E-state index contributed by atoms with van der Waals surface area (Å²) < 4.78 is 55.9. The van der Waals surface area contributed by atoms with E-state index in [9.17, 15) is 17.6 Å². The van der Waals surface area contributed by atoms with Gasteiger partial charge in [0.15, 0.2) is 11.5 Å². The lowest BCUT2D eigenvalue weighted by Crippen LogP contribution is -2.39. The van der Waals surface area contributed by atoms with Crippen LogP contribution in [0.2, 0.25) is 0 Å². The van der Waals surface area contributed by atoms with E-state index < -0.39 is 28.3 Å².